The average molecular weight is 257 g/mol. The van der Waals surface area contributed by atoms with Crippen LogP contribution >= 0.6 is 0 Å². The maximum atomic E-state index is 12.9. The highest BCUT2D eigenvalue weighted by atomic mass is 19.4. The molecule has 1 aromatic carbocycles. The van der Waals surface area contributed by atoms with Crippen molar-refractivity contribution in [1.29, 1.82) is 0 Å². The number of rotatable bonds is 2. The zero-order chi connectivity index (χ0) is 13.4. The first-order valence-corrected chi connectivity index (χ1v) is 5.33. The lowest BCUT2D eigenvalue weighted by atomic mass is 9.69. The van der Waals surface area contributed by atoms with E-state index in [1.165, 1.54) is 24.3 Å². The monoisotopic (exact) mass is 257 g/mol. The van der Waals surface area contributed by atoms with Crippen molar-refractivity contribution in [3.05, 3.63) is 35.4 Å². The van der Waals surface area contributed by atoms with Gasteiger partial charge in [-0.15, -0.1) is 0 Å². The quantitative estimate of drug-likeness (QED) is 0.653. The summed E-state index contributed by atoms with van der Waals surface area (Å²) >= 11 is 0. The molecule has 1 N–H and O–H groups in total. The van der Waals surface area contributed by atoms with Gasteiger partial charge in [0.1, 0.15) is 5.54 Å². The molecule has 0 unspecified atom stereocenters. The van der Waals surface area contributed by atoms with E-state index in [0.29, 0.717) is 0 Å². The van der Waals surface area contributed by atoms with Crippen molar-refractivity contribution in [2.24, 2.45) is 4.99 Å². The summed E-state index contributed by atoms with van der Waals surface area (Å²) in [7, 11) is 0. The van der Waals surface area contributed by atoms with Crippen LogP contribution in [0.4, 0.5) is 13.2 Å². The number of hydrogen-bond donors (Lipinski definition) is 1. The summed E-state index contributed by atoms with van der Waals surface area (Å²) in [5.74, 6) is 0. The van der Waals surface area contributed by atoms with E-state index in [0.717, 1.165) is 6.07 Å². The number of hydrogen-bond acceptors (Lipinski definition) is 3. The standard InChI is InChI=1S/C12H10F3NO2/c13-12(14,15)10-4-2-1-3-9(10)11(16-7-17)5-8(18)6-11/h1-4,8,18H,5-6H2. The summed E-state index contributed by atoms with van der Waals surface area (Å²) in [5, 5.41) is 9.29. The van der Waals surface area contributed by atoms with Gasteiger partial charge in [0.05, 0.1) is 11.7 Å². The number of aliphatic hydroxyl groups excluding tert-OH is 1. The molecule has 1 fully saturated rings. The fourth-order valence-electron chi connectivity index (χ4n) is 2.31. The van der Waals surface area contributed by atoms with E-state index >= 15 is 0 Å². The Balaban J connectivity index is 2.53. The summed E-state index contributed by atoms with van der Waals surface area (Å²) in [6.07, 6.45) is -3.92. The van der Waals surface area contributed by atoms with E-state index in [-0.39, 0.29) is 18.4 Å². The van der Waals surface area contributed by atoms with Crippen molar-refractivity contribution in [2.75, 3.05) is 0 Å². The molecule has 0 saturated heterocycles. The molecule has 1 aliphatic rings. The number of carbonyl (C=O) groups excluding carboxylic acids is 1. The molecule has 1 aromatic rings. The average Bonchev–Trinajstić information content (AvgIpc) is 2.26. The zero-order valence-corrected chi connectivity index (χ0v) is 9.24. The first kappa shape index (κ1) is 12.8. The van der Waals surface area contributed by atoms with Gasteiger partial charge in [0.15, 0.2) is 0 Å². The predicted octanol–water partition coefficient (Wildman–Crippen LogP) is 2.39. The molecule has 0 atom stereocenters. The smallest absolute Gasteiger partial charge is 0.393 e. The van der Waals surface area contributed by atoms with Gasteiger partial charge in [0.2, 0.25) is 6.08 Å². The molecule has 1 saturated carbocycles. The van der Waals surface area contributed by atoms with Crippen LogP contribution in [0.5, 0.6) is 0 Å². The Hall–Kier alpha value is -1.65. The molecule has 3 nitrogen and oxygen atoms in total. The highest BCUT2D eigenvalue weighted by molar-refractivity contribution is 5.44. The lowest BCUT2D eigenvalue weighted by Gasteiger charge is -2.42. The van der Waals surface area contributed by atoms with Crippen LogP contribution in [-0.4, -0.2) is 17.3 Å². The SMILES string of the molecule is O=C=NC1(c2ccccc2C(F)(F)F)CC(O)C1. The Morgan fingerprint density at radius 2 is 1.94 bits per heavy atom. The molecule has 0 aromatic heterocycles. The number of aliphatic imine (C=N–C) groups is 1. The van der Waals surface area contributed by atoms with Gasteiger partial charge < -0.3 is 5.11 Å². The molecule has 0 aliphatic heterocycles. The molecule has 0 amide bonds. The third kappa shape index (κ3) is 2.05. The Morgan fingerprint density at radius 1 is 1.33 bits per heavy atom. The third-order valence-electron chi connectivity index (χ3n) is 3.14. The van der Waals surface area contributed by atoms with Gasteiger partial charge in [-0.1, -0.05) is 18.2 Å². The van der Waals surface area contributed by atoms with E-state index < -0.39 is 23.4 Å². The number of isocyanates is 1. The summed E-state index contributed by atoms with van der Waals surface area (Å²) in [6, 6.07) is 4.97. The van der Waals surface area contributed by atoms with Crippen molar-refractivity contribution in [3.8, 4) is 0 Å². The number of benzene rings is 1. The van der Waals surface area contributed by atoms with E-state index in [1.807, 2.05) is 0 Å². The Bertz CT molecular complexity index is 500. The highest BCUT2D eigenvalue weighted by Crippen LogP contribution is 2.48. The van der Waals surface area contributed by atoms with Crippen molar-refractivity contribution in [1.82, 2.24) is 0 Å². The maximum absolute atomic E-state index is 12.9. The van der Waals surface area contributed by atoms with Crippen LogP contribution in [0.2, 0.25) is 0 Å². The van der Waals surface area contributed by atoms with Crippen molar-refractivity contribution in [3.63, 3.8) is 0 Å². The summed E-state index contributed by atoms with van der Waals surface area (Å²) in [6.45, 7) is 0. The summed E-state index contributed by atoms with van der Waals surface area (Å²) in [4.78, 5) is 13.9. The normalized spacial score (nSPS) is 27.2. The van der Waals surface area contributed by atoms with E-state index in [1.54, 1.807) is 0 Å². The van der Waals surface area contributed by atoms with Crippen LogP contribution in [0, 0.1) is 0 Å². The molecule has 0 spiro atoms. The largest absolute Gasteiger partial charge is 0.416 e. The molecule has 18 heavy (non-hydrogen) atoms. The number of aliphatic hydroxyl groups is 1. The molecule has 0 bridgehead atoms. The third-order valence-corrected chi connectivity index (χ3v) is 3.14. The molecule has 6 heteroatoms. The molecule has 0 heterocycles. The fraction of sp³-hybridized carbons (Fsp3) is 0.417. The second-order valence-corrected chi connectivity index (χ2v) is 4.34. The van der Waals surface area contributed by atoms with Crippen LogP contribution < -0.4 is 0 Å². The minimum atomic E-state index is -4.51. The summed E-state index contributed by atoms with van der Waals surface area (Å²) < 4.78 is 38.6. The van der Waals surface area contributed by atoms with Crippen LogP contribution in [0.1, 0.15) is 24.0 Å². The molecule has 1 aliphatic carbocycles. The van der Waals surface area contributed by atoms with Crippen LogP contribution in [0.15, 0.2) is 29.3 Å². The second-order valence-electron chi connectivity index (χ2n) is 4.34. The number of nitrogens with zero attached hydrogens (tertiary/aromatic N) is 1. The molecule has 96 valence electrons. The second kappa shape index (κ2) is 4.23. The minimum Gasteiger partial charge on any atom is -0.393 e. The van der Waals surface area contributed by atoms with Crippen LogP contribution in [0.3, 0.4) is 0 Å². The van der Waals surface area contributed by atoms with E-state index in [9.17, 15) is 23.1 Å². The topological polar surface area (TPSA) is 49.7 Å². The van der Waals surface area contributed by atoms with Crippen molar-refractivity contribution in [2.45, 2.75) is 30.7 Å². The van der Waals surface area contributed by atoms with Gasteiger partial charge in [0, 0.05) is 12.8 Å². The van der Waals surface area contributed by atoms with E-state index in [4.69, 9.17) is 0 Å². The molecule has 2 rings (SSSR count). The van der Waals surface area contributed by atoms with Crippen LogP contribution in [-0.2, 0) is 16.5 Å². The predicted molar refractivity (Wildman–Crippen MR) is 56.5 cm³/mol. The minimum absolute atomic E-state index is 0.00926. The molecular weight excluding hydrogens is 247 g/mol. The van der Waals surface area contributed by atoms with Crippen molar-refractivity contribution < 1.29 is 23.1 Å². The maximum Gasteiger partial charge on any atom is 0.416 e. The zero-order valence-electron chi connectivity index (χ0n) is 9.24. The lowest BCUT2D eigenvalue weighted by Crippen LogP contribution is -2.44. The number of alkyl halides is 3. The highest BCUT2D eigenvalue weighted by Gasteiger charge is 2.49. The molecule has 0 radical (unpaired) electrons. The Morgan fingerprint density at radius 3 is 2.44 bits per heavy atom. The number of halogens is 3. The van der Waals surface area contributed by atoms with Gasteiger partial charge in [-0.2, -0.15) is 18.2 Å². The fourth-order valence-corrected chi connectivity index (χ4v) is 2.31. The van der Waals surface area contributed by atoms with Gasteiger partial charge >= 0.3 is 6.18 Å². The Kier molecular flexibility index (Phi) is 3.00. The summed E-state index contributed by atoms with van der Waals surface area (Å²) in [5.41, 5.74) is -2.19. The van der Waals surface area contributed by atoms with Crippen molar-refractivity contribution >= 4 is 6.08 Å². The Labute approximate surface area is 101 Å². The van der Waals surface area contributed by atoms with Gasteiger partial charge in [0.25, 0.3) is 0 Å². The molecular formula is C12H10F3NO2. The lowest BCUT2D eigenvalue weighted by molar-refractivity contribution is -0.139. The first-order chi connectivity index (χ1) is 8.39. The first-order valence-electron chi connectivity index (χ1n) is 5.33. The van der Waals surface area contributed by atoms with Gasteiger partial charge in [-0.25, -0.2) is 4.79 Å². The van der Waals surface area contributed by atoms with Gasteiger partial charge in [-0.05, 0) is 11.6 Å². The van der Waals surface area contributed by atoms with E-state index in [2.05, 4.69) is 4.99 Å². The van der Waals surface area contributed by atoms with Crippen LogP contribution in [0.25, 0.3) is 0 Å². The van der Waals surface area contributed by atoms with Gasteiger partial charge in [-0.3, -0.25) is 0 Å².